The molecule has 5 heteroatoms. The summed E-state index contributed by atoms with van der Waals surface area (Å²) in [5.41, 5.74) is 2.74. The SMILES string of the molecule is CSc1ccc2nccc(Nc3ccc(Cl)cc3Cl)c2c1. The third-order valence-electron chi connectivity index (χ3n) is 3.15. The standard InChI is InChI=1S/C16H12Cl2N2S/c1-21-11-3-5-14-12(9-11)15(6-7-19-14)20-16-4-2-10(17)8-13(16)18/h2-9H,1H3,(H,19,20). The van der Waals surface area contributed by atoms with Crippen molar-refractivity contribution in [3.63, 3.8) is 0 Å². The zero-order valence-corrected chi connectivity index (χ0v) is 13.6. The molecule has 0 aliphatic heterocycles. The average molecular weight is 335 g/mol. The molecule has 2 aromatic carbocycles. The fourth-order valence-corrected chi connectivity index (χ4v) is 2.99. The van der Waals surface area contributed by atoms with Crippen LogP contribution in [-0.2, 0) is 0 Å². The second kappa shape index (κ2) is 6.14. The number of nitrogens with one attached hydrogen (secondary N) is 1. The zero-order chi connectivity index (χ0) is 14.8. The lowest BCUT2D eigenvalue weighted by molar-refractivity contribution is 1.38. The number of hydrogen-bond donors (Lipinski definition) is 1. The van der Waals surface area contributed by atoms with Crippen molar-refractivity contribution in [2.24, 2.45) is 0 Å². The highest BCUT2D eigenvalue weighted by atomic mass is 35.5. The Morgan fingerprint density at radius 2 is 1.86 bits per heavy atom. The maximum Gasteiger partial charge on any atom is 0.0723 e. The summed E-state index contributed by atoms with van der Waals surface area (Å²) in [4.78, 5) is 5.59. The first-order chi connectivity index (χ1) is 10.2. The van der Waals surface area contributed by atoms with Crippen LogP contribution in [0.3, 0.4) is 0 Å². The van der Waals surface area contributed by atoms with Gasteiger partial charge in [0.25, 0.3) is 0 Å². The molecule has 2 nitrogen and oxygen atoms in total. The van der Waals surface area contributed by atoms with Crippen molar-refractivity contribution in [1.29, 1.82) is 0 Å². The molecule has 3 aromatic rings. The smallest absolute Gasteiger partial charge is 0.0723 e. The molecule has 1 aromatic heterocycles. The second-order valence-electron chi connectivity index (χ2n) is 4.49. The van der Waals surface area contributed by atoms with E-state index >= 15 is 0 Å². The van der Waals surface area contributed by atoms with Gasteiger partial charge in [-0.1, -0.05) is 23.2 Å². The molecule has 0 saturated carbocycles. The molecule has 1 N–H and O–H groups in total. The number of aromatic nitrogens is 1. The molecule has 0 spiro atoms. The van der Waals surface area contributed by atoms with Gasteiger partial charge in [0, 0.05) is 27.2 Å². The normalized spacial score (nSPS) is 10.8. The van der Waals surface area contributed by atoms with Crippen LogP contribution in [0.15, 0.2) is 53.6 Å². The number of rotatable bonds is 3. The van der Waals surface area contributed by atoms with E-state index in [4.69, 9.17) is 23.2 Å². The molecule has 0 aliphatic carbocycles. The van der Waals surface area contributed by atoms with Crippen LogP contribution in [0.2, 0.25) is 10.0 Å². The van der Waals surface area contributed by atoms with E-state index in [0.29, 0.717) is 10.0 Å². The van der Waals surface area contributed by atoms with Crippen molar-refractivity contribution >= 4 is 57.2 Å². The summed E-state index contributed by atoms with van der Waals surface area (Å²) < 4.78 is 0. The molecular weight excluding hydrogens is 323 g/mol. The van der Waals surface area contributed by atoms with E-state index in [2.05, 4.69) is 28.7 Å². The molecule has 21 heavy (non-hydrogen) atoms. The van der Waals surface area contributed by atoms with Gasteiger partial charge < -0.3 is 5.32 Å². The van der Waals surface area contributed by atoms with Crippen LogP contribution < -0.4 is 5.32 Å². The number of anilines is 2. The lowest BCUT2D eigenvalue weighted by Crippen LogP contribution is -1.93. The Balaban J connectivity index is 2.07. The third-order valence-corrected chi connectivity index (χ3v) is 4.42. The van der Waals surface area contributed by atoms with Crippen LogP contribution in [-0.4, -0.2) is 11.2 Å². The first-order valence-electron chi connectivity index (χ1n) is 6.32. The van der Waals surface area contributed by atoms with Crippen molar-refractivity contribution in [3.8, 4) is 0 Å². The van der Waals surface area contributed by atoms with Crippen LogP contribution in [0.1, 0.15) is 0 Å². The number of fused-ring (bicyclic) bond motifs is 1. The number of halogens is 2. The Kier molecular flexibility index (Phi) is 4.24. The summed E-state index contributed by atoms with van der Waals surface area (Å²) in [5.74, 6) is 0. The molecule has 0 amide bonds. The number of pyridine rings is 1. The molecule has 0 saturated heterocycles. The first kappa shape index (κ1) is 14.5. The molecule has 0 aliphatic rings. The number of hydrogen-bond acceptors (Lipinski definition) is 3. The lowest BCUT2D eigenvalue weighted by Gasteiger charge is -2.11. The van der Waals surface area contributed by atoms with Gasteiger partial charge in [0.2, 0.25) is 0 Å². The van der Waals surface area contributed by atoms with E-state index in [9.17, 15) is 0 Å². The summed E-state index contributed by atoms with van der Waals surface area (Å²) in [7, 11) is 0. The van der Waals surface area contributed by atoms with Crippen LogP contribution >= 0.6 is 35.0 Å². The quantitative estimate of drug-likeness (QED) is 0.594. The summed E-state index contributed by atoms with van der Waals surface area (Å²) in [6.45, 7) is 0. The Hall–Kier alpha value is -1.42. The molecule has 0 bridgehead atoms. The van der Waals surface area contributed by atoms with E-state index in [1.807, 2.05) is 24.3 Å². The highest BCUT2D eigenvalue weighted by Crippen LogP contribution is 2.32. The van der Waals surface area contributed by atoms with Crippen molar-refractivity contribution in [3.05, 3.63) is 58.7 Å². The minimum atomic E-state index is 0.591. The first-order valence-corrected chi connectivity index (χ1v) is 8.30. The van der Waals surface area contributed by atoms with Crippen molar-refractivity contribution in [2.45, 2.75) is 4.90 Å². The predicted molar refractivity (Wildman–Crippen MR) is 93.3 cm³/mol. The van der Waals surface area contributed by atoms with Gasteiger partial charge in [0.15, 0.2) is 0 Å². The van der Waals surface area contributed by atoms with Crippen LogP contribution in [0, 0.1) is 0 Å². The van der Waals surface area contributed by atoms with Crippen LogP contribution in [0.4, 0.5) is 11.4 Å². The van der Waals surface area contributed by atoms with Crippen molar-refractivity contribution in [1.82, 2.24) is 4.98 Å². The van der Waals surface area contributed by atoms with Crippen molar-refractivity contribution in [2.75, 3.05) is 11.6 Å². The summed E-state index contributed by atoms with van der Waals surface area (Å²) in [6, 6.07) is 13.6. The lowest BCUT2D eigenvalue weighted by atomic mass is 10.2. The zero-order valence-electron chi connectivity index (χ0n) is 11.2. The monoisotopic (exact) mass is 334 g/mol. The van der Waals surface area contributed by atoms with Gasteiger partial charge in [0.05, 0.1) is 16.2 Å². The van der Waals surface area contributed by atoms with E-state index in [1.165, 1.54) is 4.90 Å². The second-order valence-corrected chi connectivity index (χ2v) is 6.21. The van der Waals surface area contributed by atoms with E-state index in [1.54, 1.807) is 24.0 Å². The molecule has 0 radical (unpaired) electrons. The molecule has 0 fully saturated rings. The maximum absolute atomic E-state index is 6.22. The van der Waals surface area contributed by atoms with E-state index in [-0.39, 0.29) is 0 Å². The van der Waals surface area contributed by atoms with Crippen LogP contribution in [0.5, 0.6) is 0 Å². The van der Waals surface area contributed by atoms with Gasteiger partial charge in [-0.15, -0.1) is 11.8 Å². The number of benzene rings is 2. The molecule has 1 heterocycles. The van der Waals surface area contributed by atoms with Crippen molar-refractivity contribution < 1.29 is 0 Å². The van der Waals surface area contributed by atoms with Gasteiger partial charge in [-0.2, -0.15) is 0 Å². The van der Waals surface area contributed by atoms with E-state index in [0.717, 1.165) is 22.3 Å². The predicted octanol–water partition coefficient (Wildman–Crippen LogP) is 6.01. The van der Waals surface area contributed by atoms with Gasteiger partial charge in [0.1, 0.15) is 0 Å². The highest BCUT2D eigenvalue weighted by Gasteiger charge is 2.06. The summed E-state index contributed by atoms with van der Waals surface area (Å²) in [5, 5.41) is 5.63. The minimum Gasteiger partial charge on any atom is -0.354 e. The maximum atomic E-state index is 6.22. The van der Waals surface area contributed by atoms with Crippen LogP contribution in [0.25, 0.3) is 10.9 Å². The van der Waals surface area contributed by atoms with Gasteiger partial charge in [-0.25, -0.2) is 0 Å². The van der Waals surface area contributed by atoms with Gasteiger partial charge in [-0.3, -0.25) is 4.98 Å². The summed E-state index contributed by atoms with van der Waals surface area (Å²) in [6.07, 6.45) is 3.84. The molecular formula is C16H12Cl2N2S. The molecule has 0 unspecified atom stereocenters. The summed E-state index contributed by atoms with van der Waals surface area (Å²) >= 11 is 13.9. The number of nitrogens with zero attached hydrogens (tertiary/aromatic N) is 1. The topological polar surface area (TPSA) is 24.9 Å². The van der Waals surface area contributed by atoms with Gasteiger partial charge in [-0.05, 0) is 48.7 Å². The largest absolute Gasteiger partial charge is 0.354 e. The molecule has 0 atom stereocenters. The fourth-order valence-electron chi connectivity index (χ4n) is 2.10. The Morgan fingerprint density at radius 1 is 1.00 bits per heavy atom. The Labute approximate surface area is 137 Å². The molecule has 106 valence electrons. The van der Waals surface area contributed by atoms with E-state index < -0.39 is 0 Å². The minimum absolute atomic E-state index is 0.591. The Bertz CT molecular complexity index is 805. The number of thioether (sulfide) groups is 1. The average Bonchev–Trinajstić information content (AvgIpc) is 2.50. The van der Waals surface area contributed by atoms with Gasteiger partial charge >= 0.3 is 0 Å². The third kappa shape index (κ3) is 3.10. The Morgan fingerprint density at radius 3 is 2.62 bits per heavy atom. The fraction of sp³-hybridized carbons (Fsp3) is 0.0625. The highest BCUT2D eigenvalue weighted by molar-refractivity contribution is 7.98. The molecule has 3 rings (SSSR count).